The van der Waals surface area contributed by atoms with Crippen LogP contribution < -0.4 is 4.74 Å². The number of hydrogen-bond donors (Lipinski definition) is 1. The highest BCUT2D eigenvalue weighted by Gasteiger charge is 2.30. The molecule has 0 radical (unpaired) electrons. The Morgan fingerprint density at radius 3 is 2.07 bits per heavy atom. The van der Waals surface area contributed by atoms with E-state index in [4.69, 9.17) is 4.74 Å². The van der Waals surface area contributed by atoms with Gasteiger partial charge in [-0.2, -0.15) is 0 Å². The fourth-order valence-electron chi connectivity index (χ4n) is 5.15. The van der Waals surface area contributed by atoms with E-state index in [1.54, 1.807) is 0 Å². The molecule has 2 aliphatic carbocycles. The van der Waals surface area contributed by atoms with E-state index in [0.717, 1.165) is 12.3 Å². The van der Waals surface area contributed by atoms with Gasteiger partial charge in [-0.25, -0.2) is 0 Å². The largest absolute Gasteiger partial charge is 0.491 e. The second-order valence-electron chi connectivity index (χ2n) is 9.44. The minimum absolute atomic E-state index is 0.388. The van der Waals surface area contributed by atoms with E-state index >= 15 is 0 Å². The maximum atomic E-state index is 10.9. The molecule has 0 bridgehead atoms. The number of benzene rings is 1. The van der Waals surface area contributed by atoms with Crippen LogP contribution in [0.15, 0.2) is 18.2 Å². The Bertz CT molecular complexity index is 570. The van der Waals surface area contributed by atoms with Gasteiger partial charge in [-0.3, -0.25) is 4.90 Å². The summed E-state index contributed by atoms with van der Waals surface area (Å²) in [7, 11) is 0. The molecule has 3 nitrogen and oxygen atoms in total. The molecule has 1 atom stereocenters. The molecule has 1 aromatic carbocycles. The molecule has 0 aliphatic heterocycles. The van der Waals surface area contributed by atoms with Crippen LogP contribution in [0.4, 0.5) is 0 Å². The van der Waals surface area contributed by atoms with Gasteiger partial charge in [-0.1, -0.05) is 64.5 Å². The van der Waals surface area contributed by atoms with Crippen molar-refractivity contribution in [3.05, 3.63) is 29.3 Å². The van der Waals surface area contributed by atoms with Gasteiger partial charge in [-0.05, 0) is 55.7 Å². The van der Waals surface area contributed by atoms with E-state index in [9.17, 15) is 5.11 Å². The second kappa shape index (κ2) is 10.6. The summed E-state index contributed by atoms with van der Waals surface area (Å²) in [5.41, 5.74) is 2.44. The molecule has 2 aliphatic rings. The Morgan fingerprint density at radius 1 is 0.964 bits per heavy atom. The van der Waals surface area contributed by atoms with Crippen molar-refractivity contribution in [3.63, 3.8) is 0 Å². The van der Waals surface area contributed by atoms with Crippen LogP contribution >= 0.6 is 0 Å². The van der Waals surface area contributed by atoms with Crippen LogP contribution in [0.3, 0.4) is 0 Å². The van der Waals surface area contributed by atoms with E-state index in [1.807, 2.05) is 0 Å². The summed E-state index contributed by atoms with van der Waals surface area (Å²) in [6.45, 7) is 7.64. The predicted molar refractivity (Wildman–Crippen MR) is 117 cm³/mol. The van der Waals surface area contributed by atoms with E-state index in [2.05, 4.69) is 43.9 Å². The lowest BCUT2D eigenvalue weighted by Crippen LogP contribution is -2.49. The summed E-state index contributed by atoms with van der Waals surface area (Å²) in [4.78, 5) is 2.67. The number of hydrogen-bond acceptors (Lipinski definition) is 3. The van der Waals surface area contributed by atoms with E-state index in [-0.39, 0.29) is 0 Å². The smallest absolute Gasteiger partial charge is 0.123 e. The Morgan fingerprint density at radius 2 is 1.54 bits per heavy atom. The standard InChI is InChI=1S/C25H41NO2/c1-19(2)24-15-14-20(3)16-25(24)28-18-23(27)17-26(21-10-6-4-7-11-21)22-12-8-5-9-13-22/h14-16,19,21-23,27H,4-13,17-18H2,1-3H3/t23-/m0/s1. The highest BCUT2D eigenvalue weighted by atomic mass is 16.5. The van der Waals surface area contributed by atoms with Crippen LogP contribution in [0.1, 0.15) is 95.1 Å². The first-order valence-electron chi connectivity index (χ1n) is 11.7. The lowest BCUT2D eigenvalue weighted by Gasteiger charge is -2.42. The molecule has 1 aromatic rings. The zero-order chi connectivity index (χ0) is 19.9. The number of aliphatic hydroxyl groups excluding tert-OH is 1. The van der Waals surface area contributed by atoms with Crippen molar-refractivity contribution in [1.82, 2.24) is 4.90 Å². The highest BCUT2D eigenvalue weighted by Crippen LogP contribution is 2.31. The van der Waals surface area contributed by atoms with Crippen LogP contribution in [0.5, 0.6) is 5.75 Å². The van der Waals surface area contributed by atoms with Crippen LogP contribution in [-0.2, 0) is 0 Å². The maximum absolute atomic E-state index is 10.9. The van der Waals surface area contributed by atoms with Gasteiger partial charge in [0.2, 0.25) is 0 Å². The molecule has 0 amide bonds. The Hall–Kier alpha value is -1.06. The van der Waals surface area contributed by atoms with Crippen molar-refractivity contribution in [2.45, 2.75) is 109 Å². The number of aryl methyl sites for hydroxylation is 1. The van der Waals surface area contributed by atoms with Crippen molar-refractivity contribution < 1.29 is 9.84 Å². The maximum Gasteiger partial charge on any atom is 0.123 e. The molecule has 1 N–H and O–H groups in total. The van der Waals surface area contributed by atoms with Gasteiger partial charge in [0, 0.05) is 18.6 Å². The fraction of sp³-hybridized carbons (Fsp3) is 0.760. The van der Waals surface area contributed by atoms with E-state index < -0.39 is 6.10 Å². The Labute approximate surface area is 172 Å². The lowest BCUT2D eigenvalue weighted by atomic mass is 9.88. The summed E-state index contributed by atoms with van der Waals surface area (Å²) in [5.74, 6) is 1.37. The molecule has 0 heterocycles. The molecular weight excluding hydrogens is 346 g/mol. The molecule has 0 saturated heterocycles. The number of rotatable bonds is 8. The van der Waals surface area contributed by atoms with Crippen molar-refractivity contribution in [3.8, 4) is 5.75 Å². The van der Waals surface area contributed by atoms with Crippen LogP contribution in [0, 0.1) is 6.92 Å². The third kappa shape index (κ3) is 5.97. The van der Waals surface area contributed by atoms with Crippen molar-refractivity contribution in [2.75, 3.05) is 13.2 Å². The number of ether oxygens (including phenoxy) is 1. The molecule has 0 unspecified atom stereocenters. The van der Waals surface area contributed by atoms with Crippen LogP contribution in [0.2, 0.25) is 0 Å². The summed E-state index contributed by atoms with van der Waals surface area (Å²) in [6.07, 6.45) is 13.0. The highest BCUT2D eigenvalue weighted by molar-refractivity contribution is 5.39. The van der Waals surface area contributed by atoms with Gasteiger partial charge in [-0.15, -0.1) is 0 Å². The van der Waals surface area contributed by atoms with Gasteiger partial charge in [0.1, 0.15) is 18.5 Å². The second-order valence-corrected chi connectivity index (χ2v) is 9.44. The average molecular weight is 388 g/mol. The van der Waals surface area contributed by atoms with Crippen molar-refractivity contribution in [2.24, 2.45) is 0 Å². The molecule has 0 spiro atoms. The monoisotopic (exact) mass is 387 g/mol. The normalized spacial score (nSPS) is 20.6. The van der Waals surface area contributed by atoms with E-state index in [1.165, 1.54) is 75.3 Å². The summed E-state index contributed by atoms with van der Waals surface area (Å²) < 4.78 is 6.14. The van der Waals surface area contributed by atoms with Crippen LogP contribution in [0.25, 0.3) is 0 Å². The van der Waals surface area contributed by atoms with Gasteiger partial charge in [0.25, 0.3) is 0 Å². The molecule has 3 rings (SSSR count). The molecule has 28 heavy (non-hydrogen) atoms. The topological polar surface area (TPSA) is 32.7 Å². The van der Waals surface area contributed by atoms with Gasteiger partial charge in [0.05, 0.1) is 0 Å². The molecule has 0 aromatic heterocycles. The Balaban J connectivity index is 1.61. The predicted octanol–water partition coefficient (Wildman–Crippen LogP) is 5.83. The molecular formula is C25H41NO2. The molecule has 3 heteroatoms. The summed E-state index contributed by atoms with van der Waals surface area (Å²) >= 11 is 0. The molecule has 158 valence electrons. The van der Waals surface area contributed by atoms with Gasteiger partial charge >= 0.3 is 0 Å². The third-order valence-electron chi connectivity index (χ3n) is 6.73. The zero-order valence-corrected chi connectivity index (χ0v) is 18.3. The van der Waals surface area contributed by atoms with Crippen LogP contribution in [-0.4, -0.2) is 41.3 Å². The lowest BCUT2D eigenvalue weighted by molar-refractivity contribution is 0.0116. The Kier molecular flexibility index (Phi) is 8.23. The average Bonchev–Trinajstić information content (AvgIpc) is 2.71. The quantitative estimate of drug-likeness (QED) is 0.609. The van der Waals surface area contributed by atoms with Crippen molar-refractivity contribution in [1.29, 1.82) is 0 Å². The summed E-state index contributed by atoms with van der Waals surface area (Å²) in [5, 5.41) is 10.9. The number of aliphatic hydroxyl groups is 1. The van der Waals surface area contributed by atoms with Gasteiger partial charge < -0.3 is 9.84 Å². The SMILES string of the molecule is Cc1ccc(C(C)C)c(OC[C@@H](O)CN(C2CCCCC2)C2CCCCC2)c1. The molecule has 2 fully saturated rings. The van der Waals surface area contributed by atoms with E-state index in [0.29, 0.717) is 24.6 Å². The fourth-order valence-corrected chi connectivity index (χ4v) is 5.15. The first-order valence-corrected chi connectivity index (χ1v) is 11.7. The third-order valence-corrected chi connectivity index (χ3v) is 6.73. The first-order chi connectivity index (χ1) is 13.5. The van der Waals surface area contributed by atoms with Crippen molar-refractivity contribution >= 4 is 0 Å². The molecule has 2 saturated carbocycles. The van der Waals surface area contributed by atoms with Gasteiger partial charge in [0.15, 0.2) is 0 Å². The zero-order valence-electron chi connectivity index (χ0n) is 18.3. The first kappa shape index (κ1) is 21.6. The summed E-state index contributed by atoms with van der Waals surface area (Å²) in [6, 6.07) is 7.75. The number of nitrogens with zero attached hydrogens (tertiary/aromatic N) is 1. The minimum Gasteiger partial charge on any atom is -0.491 e. The minimum atomic E-state index is -0.427.